The van der Waals surface area contributed by atoms with Gasteiger partial charge in [0.15, 0.2) is 0 Å². The summed E-state index contributed by atoms with van der Waals surface area (Å²) < 4.78 is 0. The van der Waals surface area contributed by atoms with Crippen LogP contribution in [0, 0.1) is 6.92 Å². The fourth-order valence-electron chi connectivity index (χ4n) is 3.09. The van der Waals surface area contributed by atoms with Gasteiger partial charge < -0.3 is 5.21 Å². The molecule has 0 unspecified atom stereocenters. The summed E-state index contributed by atoms with van der Waals surface area (Å²) in [4.78, 5) is 0. The maximum Gasteiger partial charge on any atom is 0.0870 e. The van der Waals surface area contributed by atoms with Crippen LogP contribution in [0.15, 0.2) is 53.7 Å². The summed E-state index contributed by atoms with van der Waals surface area (Å²) in [5.41, 5.74) is 5.85. The van der Waals surface area contributed by atoms with Gasteiger partial charge in [-0.15, -0.1) is 0 Å². The quantitative estimate of drug-likeness (QED) is 0.637. The summed E-state index contributed by atoms with van der Waals surface area (Å²) in [5, 5.41) is 12.7. The van der Waals surface area contributed by atoms with E-state index in [4.69, 9.17) is 0 Å². The second-order valence-corrected chi connectivity index (χ2v) is 5.56. The van der Waals surface area contributed by atoms with Gasteiger partial charge in [-0.25, -0.2) is 0 Å². The maximum atomic E-state index is 9.19. The molecule has 2 aromatic rings. The van der Waals surface area contributed by atoms with Crippen molar-refractivity contribution >= 4 is 5.71 Å². The van der Waals surface area contributed by atoms with Crippen LogP contribution in [-0.2, 0) is 6.42 Å². The fraction of sp³-hybridized carbons (Fsp3) is 0.278. The van der Waals surface area contributed by atoms with Crippen LogP contribution in [0.3, 0.4) is 0 Å². The van der Waals surface area contributed by atoms with E-state index < -0.39 is 0 Å². The molecule has 2 aromatic carbocycles. The minimum Gasteiger partial charge on any atom is -0.411 e. The molecule has 0 radical (unpaired) electrons. The van der Waals surface area contributed by atoms with E-state index >= 15 is 0 Å². The Morgan fingerprint density at radius 3 is 2.70 bits per heavy atom. The summed E-state index contributed by atoms with van der Waals surface area (Å²) in [6, 6.07) is 17.1. The molecule has 2 heteroatoms. The van der Waals surface area contributed by atoms with Crippen LogP contribution in [0.2, 0.25) is 0 Å². The molecule has 0 bridgehead atoms. The fourth-order valence-corrected chi connectivity index (χ4v) is 3.09. The van der Waals surface area contributed by atoms with Gasteiger partial charge in [0.05, 0.1) is 5.71 Å². The summed E-state index contributed by atoms with van der Waals surface area (Å²) in [6.45, 7) is 2.08. The molecule has 1 aliphatic carbocycles. The first-order valence-electron chi connectivity index (χ1n) is 7.13. The van der Waals surface area contributed by atoms with E-state index in [0.29, 0.717) is 5.92 Å². The number of rotatable bonds is 2. The Balaban J connectivity index is 1.96. The maximum absolute atomic E-state index is 9.19. The van der Waals surface area contributed by atoms with Crippen molar-refractivity contribution in [3.05, 3.63) is 70.8 Å². The van der Waals surface area contributed by atoms with E-state index in [1.54, 1.807) is 0 Å². The van der Waals surface area contributed by atoms with E-state index in [1.807, 2.05) is 0 Å². The first kappa shape index (κ1) is 12.9. The highest BCUT2D eigenvalue weighted by molar-refractivity contribution is 6.02. The van der Waals surface area contributed by atoms with E-state index in [9.17, 15) is 5.21 Å². The zero-order valence-corrected chi connectivity index (χ0v) is 11.7. The molecule has 102 valence electrons. The van der Waals surface area contributed by atoms with Crippen molar-refractivity contribution < 1.29 is 5.21 Å². The monoisotopic (exact) mass is 265 g/mol. The second-order valence-electron chi connectivity index (χ2n) is 5.56. The molecule has 0 aromatic heterocycles. The van der Waals surface area contributed by atoms with Crippen molar-refractivity contribution in [1.82, 2.24) is 0 Å². The standard InChI is InChI=1S/C18H19NO/c1-13-7-9-16-15(12-14-5-3-2-4-6-14)8-10-18(19-20)17(16)11-13/h2-7,9,11,15,20H,8,10,12H2,1H3/b19-18-/t15-/m0/s1. The second kappa shape index (κ2) is 5.49. The molecule has 3 rings (SSSR count). The van der Waals surface area contributed by atoms with Crippen LogP contribution in [0.4, 0.5) is 0 Å². The lowest BCUT2D eigenvalue weighted by Crippen LogP contribution is -2.18. The molecule has 1 aliphatic rings. The number of fused-ring (bicyclic) bond motifs is 1. The van der Waals surface area contributed by atoms with E-state index in [1.165, 1.54) is 16.7 Å². The minimum absolute atomic E-state index is 0.512. The van der Waals surface area contributed by atoms with Gasteiger partial charge in [-0.2, -0.15) is 0 Å². The van der Waals surface area contributed by atoms with Crippen LogP contribution in [0.1, 0.15) is 41.0 Å². The number of nitrogens with zero attached hydrogens (tertiary/aromatic N) is 1. The molecule has 1 atom stereocenters. The van der Waals surface area contributed by atoms with Crippen LogP contribution >= 0.6 is 0 Å². The highest BCUT2D eigenvalue weighted by Crippen LogP contribution is 2.34. The van der Waals surface area contributed by atoms with Crippen molar-refractivity contribution in [1.29, 1.82) is 0 Å². The summed E-state index contributed by atoms with van der Waals surface area (Å²) in [5.74, 6) is 0.512. The average molecular weight is 265 g/mol. The Morgan fingerprint density at radius 1 is 1.15 bits per heavy atom. The first-order valence-corrected chi connectivity index (χ1v) is 7.13. The molecule has 0 saturated carbocycles. The summed E-state index contributed by atoms with van der Waals surface area (Å²) in [6.07, 6.45) is 2.95. The Labute approximate surface area is 119 Å². The van der Waals surface area contributed by atoms with Crippen molar-refractivity contribution in [2.75, 3.05) is 0 Å². The molecule has 0 spiro atoms. The van der Waals surface area contributed by atoms with Crippen LogP contribution in [0.5, 0.6) is 0 Å². The molecule has 0 aliphatic heterocycles. The number of oxime groups is 1. The zero-order valence-electron chi connectivity index (χ0n) is 11.7. The van der Waals surface area contributed by atoms with E-state index in [0.717, 1.165) is 30.5 Å². The lowest BCUT2D eigenvalue weighted by Gasteiger charge is -2.26. The molecular formula is C18H19NO. The zero-order chi connectivity index (χ0) is 13.9. The van der Waals surface area contributed by atoms with Gasteiger partial charge >= 0.3 is 0 Å². The van der Waals surface area contributed by atoms with Crippen LogP contribution in [-0.4, -0.2) is 10.9 Å². The smallest absolute Gasteiger partial charge is 0.0870 e. The van der Waals surface area contributed by atoms with Gasteiger partial charge in [0, 0.05) is 5.56 Å². The minimum atomic E-state index is 0.512. The van der Waals surface area contributed by atoms with Gasteiger partial charge in [0.1, 0.15) is 0 Å². The Hall–Kier alpha value is -2.09. The van der Waals surface area contributed by atoms with Gasteiger partial charge in [0.25, 0.3) is 0 Å². The van der Waals surface area contributed by atoms with Crippen molar-refractivity contribution in [3.8, 4) is 0 Å². The molecule has 2 nitrogen and oxygen atoms in total. The van der Waals surface area contributed by atoms with Crippen LogP contribution in [0.25, 0.3) is 0 Å². The molecular weight excluding hydrogens is 246 g/mol. The topological polar surface area (TPSA) is 32.6 Å². The number of aryl methyl sites for hydroxylation is 1. The molecule has 0 saturated heterocycles. The van der Waals surface area contributed by atoms with Crippen molar-refractivity contribution in [2.24, 2.45) is 5.16 Å². The van der Waals surface area contributed by atoms with Crippen LogP contribution < -0.4 is 0 Å². The molecule has 0 amide bonds. The summed E-state index contributed by atoms with van der Waals surface area (Å²) >= 11 is 0. The Morgan fingerprint density at radius 2 is 1.95 bits per heavy atom. The summed E-state index contributed by atoms with van der Waals surface area (Å²) in [7, 11) is 0. The Bertz CT molecular complexity index is 631. The number of benzene rings is 2. The highest BCUT2D eigenvalue weighted by atomic mass is 16.4. The third-order valence-corrected chi connectivity index (χ3v) is 4.13. The largest absolute Gasteiger partial charge is 0.411 e. The highest BCUT2D eigenvalue weighted by Gasteiger charge is 2.24. The normalized spacial score (nSPS) is 19.9. The molecule has 1 N–H and O–H groups in total. The Kier molecular flexibility index (Phi) is 3.55. The SMILES string of the molecule is Cc1ccc2c(c1)/C(=N\O)CC[C@H]2Cc1ccccc1. The average Bonchev–Trinajstić information content (AvgIpc) is 2.48. The van der Waals surface area contributed by atoms with Gasteiger partial charge in [0.2, 0.25) is 0 Å². The number of hydrogen-bond acceptors (Lipinski definition) is 2. The number of hydrogen-bond donors (Lipinski definition) is 1. The molecule has 20 heavy (non-hydrogen) atoms. The lowest BCUT2D eigenvalue weighted by atomic mass is 9.78. The van der Waals surface area contributed by atoms with Gasteiger partial charge in [-0.3, -0.25) is 0 Å². The van der Waals surface area contributed by atoms with Gasteiger partial charge in [-0.1, -0.05) is 53.2 Å². The van der Waals surface area contributed by atoms with E-state index in [-0.39, 0.29) is 0 Å². The molecule has 0 heterocycles. The molecule has 0 fully saturated rings. The van der Waals surface area contributed by atoms with Crippen molar-refractivity contribution in [3.63, 3.8) is 0 Å². The first-order chi connectivity index (χ1) is 9.78. The lowest BCUT2D eigenvalue weighted by molar-refractivity contribution is 0.317. The predicted octanol–water partition coefficient (Wildman–Crippen LogP) is 4.29. The van der Waals surface area contributed by atoms with Crippen molar-refractivity contribution in [2.45, 2.75) is 32.1 Å². The van der Waals surface area contributed by atoms with E-state index in [2.05, 4.69) is 60.6 Å². The third-order valence-electron chi connectivity index (χ3n) is 4.13. The third kappa shape index (κ3) is 2.46. The predicted molar refractivity (Wildman–Crippen MR) is 81.6 cm³/mol. The van der Waals surface area contributed by atoms with Gasteiger partial charge in [-0.05, 0) is 49.3 Å².